The van der Waals surface area contributed by atoms with Gasteiger partial charge in [0.15, 0.2) is 0 Å². The summed E-state index contributed by atoms with van der Waals surface area (Å²) >= 11 is 0. The first-order valence-electron chi connectivity index (χ1n) is 10.2. The monoisotopic (exact) mass is 387 g/mol. The molecule has 2 aliphatic rings. The fourth-order valence-corrected chi connectivity index (χ4v) is 4.37. The minimum Gasteiger partial charge on any atom is -0.379 e. The quantitative estimate of drug-likeness (QED) is 0.688. The molecule has 0 saturated carbocycles. The molecule has 0 unspecified atom stereocenters. The average Bonchev–Trinajstić information content (AvgIpc) is 3.08. The molecule has 0 fully saturated rings. The molecule has 2 aliphatic heterocycles. The maximum absolute atomic E-state index is 12.2. The summed E-state index contributed by atoms with van der Waals surface area (Å²) in [6.45, 7) is 3.00. The van der Waals surface area contributed by atoms with E-state index in [1.165, 1.54) is 16.8 Å². The lowest BCUT2D eigenvalue weighted by Crippen LogP contribution is -2.26. The van der Waals surface area contributed by atoms with Gasteiger partial charge in [0.25, 0.3) is 0 Å². The van der Waals surface area contributed by atoms with Crippen molar-refractivity contribution in [1.29, 1.82) is 0 Å². The third-order valence-corrected chi connectivity index (χ3v) is 5.73. The number of carbonyl (C=O) groups is 1. The van der Waals surface area contributed by atoms with Crippen LogP contribution < -0.4 is 15.5 Å². The molecule has 5 rings (SSSR count). The van der Waals surface area contributed by atoms with Gasteiger partial charge in [0, 0.05) is 43.5 Å². The number of para-hydroxylation sites is 1. The van der Waals surface area contributed by atoms with Crippen molar-refractivity contribution in [2.24, 2.45) is 7.05 Å². The second-order valence-electron chi connectivity index (χ2n) is 8.00. The Morgan fingerprint density at radius 1 is 1.14 bits per heavy atom. The van der Waals surface area contributed by atoms with E-state index in [0.717, 1.165) is 42.0 Å². The van der Waals surface area contributed by atoms with E-state index in [1.807, 2.05) is 36.3 Å². The van der Waals surface area contributed by atoms with Crippen LogP contribution in [0.5, 0.6) is 0 Å². The second kappa shape index (κ2) is 6.95. The zero-order valence-corrected chi connectivity index (χ0v) is 16.8. The van der Waals surface area contributed by atoms with Gasteiger partial charge in [0.05, 0.1) is 23.3 Å². The van der Waals surface area contributed by atoms with Crippen molar-refractivity contribution in [2.45, 2.75) is 32.2 Å². The molecule has 148 valence electrons. The summed E-state index contributed by atoms with van der Waals surface area (Å²) in [7, 11) is 1.94. The number of benzene rings is 2. The topological polar surface area (TPSA) is 62.2 Å². The zero-order chi connectivity index (χ0) is 20.0. The SMILES string of the molecule is C[C@@H]1CC(=O)Nc2cccc(N3CCCc4ccc(-c5cnn(C)c5)cc43)c2N1. The van der Waals surface area contributed by atoms with Gasteiger partial charge in [-0.25, -0.2) is 0 Å². The van der Waals surface area contributed by atoms with Crippen molar-refractivity contribution in [3.63, 3.8) is 0 Å². The Morgan fingerprint density at radius 2 is 2.03 bits per heavy atom. The van der Waals surface area contributed by atoms with E-state index in [1.54, 1.807) is 0 Å². The number of nitrogens with one attached hydrogen (secondary N) is 2. The summed E-state index contributed by atoms with van der Waals surface area (Å²) in [5, 5.41) is 10.9. The van der Waals surface area contributed by atoms with E-state index in [0.29, 0.717) is 6.42 Å². The van der Waals surface area contributed by atoms with Crippen molar-refractivity contribution in [3.8, 4) is 11.1 Å². The molecular formula is C23H25N5O. The van der Waals surface area contributed by atoms with E-state index in [4.69, 9.17) is 0 Å². The Balaban J connectivity index is 1.61. The van der Waals surface area contributed by atoms with Crippen molar-refractivity contribution < 1.29 is 4.79 Å². The molecule has 0 bridgehead atoms. The molecule has 3 aromatic rings. The third kappa shape index (κ3) is 3.24. The van der Waals surface area contributed by atoms with E-state index >= 15 is 0 Å². The van der Waals surface area contributed by atoms with Crippen LogP contribution in [0.3, 0.4) is 0 Å². The Hall–Kier alpha value is -3.28. The van der Waals surface area contributed by atoms with Gasteiger partial charge in [-0.3, -0.25) is 9.48 Å². The Kier molecular flexibility index (Phi) is 4.27. The molecule has 1 aromatic heterocycles. The van der Waals surface area contributed by atoms with Crippen LogP contribution in [-0.4, -0.2) is 28.3 Å². The smallest absolute Gasteiger partial charge is 0.226 e. The van der Waals surface area contributed by atoms with Crippen LogP contribution in [-0.2, 0) is 18.3 Å². The number of amides is 1. The van der Waals surface area contributed by atoms with Gasteiger partial charge in [-0.1, -0.05) is 18.2 Å². The van der Waals surface area contributed by atoms with Crippen molar-refractivity contribution in [2.75, 3.05) is 22.1 Å². The predicted octanol–water partition coefficient (Wildman–Crippen LogP) is 4.31. The number of aromatic nitrogens is 2. The number of aryl methyl sites for hydroxylation is 2. The molecule has 6 nitrogen and oxygen atoms in total. The number of nitrogens with zero attached hydrogens (tertiary/aromatic N) is 3. The molecule has 0 spiro atoms. The van der Waals surface area contributed by atoms with Gasteiger partial charge in [-0.15, -0.1) is 0 Å². The van der Waals surface area contributed by atoms with Gasteiger partial charge in [-0.2, -0.15) is 5.10 Å². The zero-order valence-electron chi connectivity index (χ0n) is 16.8. The summed E-state index contributed by atoms with van der Waals surface area (Å²) in [6, 6.07) is 12.9. The molecule has 0 aliphatic carbocycles. The number of fused-ring (bicyclic) bond motifs is 2. The van der Waals surface area contributed by atoms with Gasteiger partial charge in [-0.05, 0) is 49.1 Å². The van der Waals surface area contributed by atoms with Crippen LogP contribution in [0.25, 0.3) is 11.1 Å². The highest BCUT2D eigenvalue weighted by Gasteiger charge is 2.25. The highest BCUT2D eigenvalue weighted by molar-refractivity contribution is 6.00. The van der Waals surface area contributed by atoms with Gasteiger partial charge in [0.2, 0.25) is 5.91 Å². The average molecular weight is 387 g/mol. The molecular weight excluding hydrogens is 362 g/mol. The van der Waals surface area contributed by atoms with Crippen LogP contribution in [0, 0.1) is 0 Å². The van der Waals surface area contributed by atoms with Gasteiger partial charge >= 0.3 is 0 Å². The minimum absolute atomic E-state index is 0.0545. The fourth-order valence-electron chi connectivity index (χ4n) is 4.37. The lowest BCUT2D eigenvalue weighted by molar-refractivity contribution is -0.116. The standard InChI is InChI=1S/C23H25N5O/c1-15-11-22(29)26-19-6-3-7-20(23(19)25-15)28-10-4-5-16-8-9-17(12-21(16)28)18-13-24-27(2)14-18/h3,6-9,12-15,25H,4-5,10-11H2,1-2H3,(H,26,29)/t15-/m1/s1. The van der Waals surface area contributed by atoms with E-state index in [2.05, 4.69) is 51.8 Å². The molecule has 6 heteroatoms. The number of anilines is 4. The first kappa shape index (κ1) is 17.8. The Bertz CT molecular complexity index is 1090. The molecule has 2 N–H and O–H groups in total. The third-order valence-electron chi connectivity index (χ3n) is 5.73. The van der Waals surface area contributed by atoms with Crippen LogP contribution in [0.15, 0.2) is 48.8 Å². The lowest BCUT2D eigenvalue weighted by Gasteiger charge is -2.34. The maximum Gasteiger partial charge on any atom is 0.226 e. The maximum atomic E-state index is 12.2. The molecule has 2 aromatic carbocycles. The van der Waals surface area contributed by atoms with Crippen molar-refractivity contribution in [3.05, 3.63) is 54.4 Å². The van der Waals surface area contributed by atoms with E-state index < -0.39 is 0 Å². The first-order valence-corrected chi connectivity index (χ1v) is 10.2. The summed E-state index contributed by atoms with van der Waals surface area (Å²) in [5.74, 6) is 0.0545. The first-order chi connectivity index (χ1) is 14.1. The minimum atomic E-state index is 0.0545. The number of carbonyl (C=O) groups excluding carboxylic acids is 1. The summed E-state index contributed by atoms with van der Waals surface area (Å²) in [4.78, 5) is 14.6. The highest BCUT2D eigenvalue weighted by atomic mass is 16.1. The summed E-state index contributed by atoms with van der Waals surface area (Å²) in [6.07, 6.45) is 6.60. The number of hydrogen-bond acceptors (Lipinski definition) is 4. The highest BCUT2D eigenvalue weighted by Crippen LogP contribution is 2.43. The number of rotatable bonds is 2. The van der Waals surface area contributed by atoms with Gasteiger partial charge < -0.3 is 15.5 Å². The van der Waals surface area contributed by atoms with Crippen molar-refractivity contribution in [1.82, 2.24) is 9.78 Å². The number of hydrogen-bond donors (Lipinski definition) is 2. The van der Waals surface area contributed by atoms with Crippen LogP contribution in [0.1, 0.15) is 25.3 Å². The normalized spacial score (nSPS) is 18.3. The molecule has 3 heterocycles. The van der Waals surface area contributed by atoms with Crippen LogP contribution in [0.2, 0.25) is 0 Å². The summed E-state index contributed by atoms with van der Waals surface area (Å²) in [5.41, 5.74) is 7.84. The summed E-state index contributed by atoms with van der Waals surface area (Å²) < 4.78 is 1.83. The molecule has 1 amide bonds. The molecule has 1 atom stereocenters. The van der Waals surface area contributed by atoms with E-state index in [9.17, 15) is 4.79 Å². The van der Waals surface area contributed by atoms with Crippen LogP contribution in [0.4, 0.5) is 22.7 Å². The predicted molar refractivity (Wildman–Crippen MR) is 117 cm³/mol. The van der Waals surface area contributed by atoms with E-state index in [-0.39, 0.29) is 11.9 Å². The lowest BCUT2D eigenvalue weighted by atomic mass is 9.97. The van der Waals surface area contributed by atoms with Crippen LogP contribution >= 0.6 is 0 Å². The Labute approximate surface area is 170 Å². The Morgan fingerprint density at radius 3 is 2.86 bits per heavy atom. The molecule has 29 heavy (non-hydrogen) atoms. The van der Waals surface area contributed by atoms with Gasteiger partial charge in [0.1, 0.15) is 0 Å². The molecule has 0 saturated heterocycles. The second-order valence-corrected chi connectivity index (χ2v) is 8.00. The largest absolute Gasteiger partial charge is 0.379 e. The van der Waals surface area contributed by atoms with Crippen molar-refractivity contribution >= 4 is 28.7 Å². The molecule has 0 radical (unpaired) electrons. The fraction of sp³-hybridized carbons (Fsp3) is 0.304.